The zero-order chi connectivity index (χ0) is 26.8. The molecule has 198 valence electrons. The van der Waals surface area contributed by atoms with Crippen LogP contribution in [0.25, 0.3) is 11.0 Å². The van der Waals surface area contributed by atoms with Gasteiger partial charge in [-0.05, 0) is 78.8 Å². The molecule has 0 unspecified atom stereocenters. The van der Waals surface area contributed by atoms with Gasteiger partial charge in [-0.2, -0.15) is 0 Å². The van der Waals surface area contributed by atoms with Crippen LogP contribution in [0.3, 0.4) is 0 Å². The molecule has 0 aliphatic carbocycles. The zero-order valence-electron chi connectivity index (χ0n) is 22.3. The quantitative estimate of drug-likeness (QED) is 0.277. The van der Waals surface area contributed by atoms with Crippen molar-refractivity contribution in [1.29, 1.82) is 0 Å². The van der Waals surface area contributed by atoms with Crippen molar-refractivity contribution in [3.8, 4) is 5.75 Å². The first kappa shape index (κ1) is 26.3. The third-order valence-electron chi connectivity index (χ3n) is 7.57. The van der Waals surface area contributed by atoms with E-state index in [2.05, 4.69) is 30.2 Å². The molecule has 0 bridgehead atoms. The molecule has 38 heavy (non-hydrogen) atoms. The molecule has 0 radical (unpaired) electrons. The minimum Gasteiger partial charge on any atom is -0.484 e. The molecule has 1 amide bonds. The second kappa shape index (κ2) is 11.2. The molecule has 5 rings (SSSR count). The Balaban J connectivity index is 1.18. The summed E-state index contributed by atoms with van der Waals surface area (Å²) < 4.78 is 14.2. The van der Waals surface area contributed by atoms with Gasteiger partial charge in [0.05, 0.1) is 23.7 Å². The number of aromatic nitrogens is 2. The van der Waals surface area contributed by atoms with E-state index in [-0.39, 0.29) is 18.6 Å². The van der Waals surface area contributed by atoms with E-state index >= 15 is 0 Å². The number of carbonyl (C=O) groups excluding carboxylic acids is 1. The highest BCUT2D eigenvalue weighted by Crippen LogP contribution is 2.44. The highest BCUT2D eigenvalue weighted by Gasteiger charge is 2.35. The number of ether oxygens (including phenoxy) is 2. The van der Waals surface area contributed by atoms with Gasteiger partial charge in [-0.1, -0.05) is 49.7 Å². The molecule has 1 aliphatic heterocycles. The maximum Gasteiger partial charge on any atom is 0.262 e. The average Bonchev–Trinajstić information content (AvgIpc) is 3.19. The lowest BCUT2D eigenvalue weighted by molar-refractivity contribution is -0.118. The van der Waals surface area contributed by atoms with E-state index in [1.54, 1.807) is 0 Å². The third kappa shape index (κ3) is 5.71. The molecule has 7 heteroatoms. The van der Waals surface area contributed by atoms with Crippen LogP contribution in [-0.2, 0) is 16.6 Å². The van der Waals surface area contributed by atoms with E-state index in [0.29, 0.717) is 35.8 Å². The van der Waals surface area contributed by atoms with E-state index < -0.39 is 0 Å². The second-order valence-electron chi connectivity index (χ2n) is 10.5. The number of amides is 1. The second-order valence-corrected chi connectivity index (χ2v) is 10.9. The summed E-state index contributed by atoms with van der Waals surface area (Å²) in [5.74, 6) is 2.54. The van der Waals surface area contributed by atoms with Gasteiger partial charge in [-0.3, -0.25) is 4.79 Å². The fourth-order valence-corrected chi connectivity index (χ4v) is 5.52. The van der Waals surface area contributed by atoms with Crippen molar-refractivity contribution in [3.63, 3.8) is 0 Å². The van der Waals surface area contributed by atoms with Gasteiger partial charge in [0, 0.05) is 23.7 Å². The molecule has 1 saturated heterocycles. The Labute approximate surface area is 228 Å². The van der Waals surface area contributed by atoms with Gasteiger partial charge in [0.25, 0.3) is 5.91 Å². The molecular weight excluding hydrogens is 498 g/mol. The Morgan fingerprint density at radius 2 is 1.92 bits per heavy atom. The van der Waals surface area contributed by atoms with E-state index in [9.17, 15) is 4.79 Å². The number of anilines is 1. The van der Waals surface area contributed by atoms with E-state index in [0.717, 1.165) is 33.9 Å². The van der Waals surface area contributed by atoms with E-state index in [1.807, 2.05) is 79.2 Å². The lowest BCUT2D eigenvalue weighted by Gasteiger charge is -2.39. The number of carbonyl (C=O) groups is 1. The molecule has 1 fully saturated rings. The van der Waals surface area contributed by atoms with Crippen molar-refractivity contribution in [2.45, 2.75) is 39.2 Å². The van der Waals surface area contributed by atoms with E-state index in [4.69, 9.17) is 21.1 Å². The maximum absolute atomic E-state index is 12.5. The minimum atomic E-state index is -0.219. The molecular formula is C31H34ClN3O3. The van der Waals surface area contributed by atoms with Crippen LogP contribution < -0.4 is 10.1 Å². The molecule has 2 heterocycles. The predicted octanol–water partition coefficient (Wildman–Crippen LogP) is 7.07. The molecule has 3 atom stereocenters. The molecule has 6 nitrogen and oxygen atoms in total. The zero-order valence-corrected chi connectivity index (χ0v) is 23.0. The summed E-state index contributed by atoms with van der Waals surface area (Å²) in [6.45, 7) is 7.05. The molecule has 1 aliphatic rings. The smallest absolute Gasteiger partial charge is 0.262 e. The van der Waals surface area contributed by atoms with Gasteiger partial charge < -0.3 is 19.4 Å². The Hall–Kier alpha value is -3.35. The van der Waals surface area contributed by atoms with Crippen LogP contribution in [0.15, 0.2) is 66.7 Å². The van der Waals surface area contributed by atoms with Gasteiger partial charge in [0.15, 0.2) is 6.61 Å². The fourth-order valence-electron chi connectivity index (χ4n) is 5.32. The highest BCUT2D eigenvalue weighted by molar-refractivity contribution is 6.30. The van der Waals surface area contributed by atoms with Crippen molar-refractivity contribution in [3.05, 3.63) is 88.7 Å². The topological polar surface area (TPSA) is 65.4 Å². The van der Waals surface area contributed by atoms with Gasteiger partial charge in [-0.15, -0.1) is 0 Å². The van der Waals surface area contributed by atoms with Gasteiger partial charge in [-0.25, -0.2) is 4.98 Å². The summed E-state index contributed by atoms with van der Waals surface area (Å²) in [6, 6.07) is 21.7. The van der Waals surface area contributed by atoms with Crippen molar-refractivity contribution in [2.75, 3.05) is 18.5 Å². The van der Waals surface area contributed by atoms with Gasteiger partial charge in [0.2, 0.25) is 0 Å². The summed E-state index contributed by atoms with van der Waals surface area (Å²) >= 11 is 6.23. The normalized spacial score (nSPS) is 19.6. The van der Waals surface area contributed by atoms with Crippen LogP contribution in [0.2, 0.25) is 5.02 Å². The number of aryl methyl sites for hydroxylation is 2. The van der Waals surface area contributed by atoms with Crippen molar-refractivity contribution in [1.82, 2.24) is 9.55 Å². The largest absolute Gasteiger partial charge is 0.484 e. The first-order valence-corrected chi connectivity index (χ1v) is 13.5. The average molecular weight is 532 g/mol. The molecule has 1 aromatic heterocycles. The Bertz CT molecular complexity index is 1430. The van der Waals surface area contributed by atoms with Crippen LogP contribution in [0.1, 0.15) is 49.2 Å². The number of benzene rings is 3. The summed E-state index contributed by atoms with van der Waals surface area (Å²) in [6.07, 6.45) is 1.07. The van der Waals surface area contributed by atoms with E-state index in [1.165, 1.54) is 5.56 Å². The Morgan fingerprint density at radius 3 is 2.66 bits per heavy atom. The predicted molar refractivity (Wildman–Crippen MR) is 152 cm³/mol. The number of rotatable bonds is 7. The molecule has 0 saturated carbocycles. The van der Waals surface area contributed by atoms with Crippen LogP contribution in [0.5, 0.6) is 5.75 Å². The third-order valence-corrected chi connectivity index (χ3v) is 7.80. The summed E-state index contributed by atoms with van der Waals surface area (Å²) in [5.41, 5.74) is 4.94. The summed E-state index contributed by atoms with van der Waals surface area (Å²) in [5, 5.41) is 3.66. The number of hydrogen-bond acceptors (Lipinski definition) is 4. The summed E-state index contributed by atoms with van der Waals surface area (Å²) in [4.78, 5) is 17.0. The molecule has 0 spiro atoms. The van der Waals surface area contributed by atoms with Gasteiger partial charge in [0.1, 0.15) is 11.6 Å². The number of hydrogen-bond donors (Lipinski definition) is 1. The first-order chi connectivity index (χ1) is 18.3. The standard InChI is InChI=1S/C31H34ClN3O3/c1-19(2)27-15-23(22-6-5-7-24(32)14-22)17-38-31(27)21-8-11-26(12-9-21)37-18-30(36)34-25-10-13-29-28(16-25)33-20(3)35(29)4/h5-14,16,19,23,27,31H,15,17-18H2,1-4H3,(H,34,36)/t23-,27-,31-/m0/s1. The molecule has 4 aromatic rings. The molecule has 3 aromatic carbocycles. The minimum absolute atomic E-state index is 0.0212. The summed E-state index contributed by atoms with van der Waals surface area (Å²) in [7, 11) is 1.98. The SMILES string of the molecule is Cc1nc2cc(NC(=O)COc3ccc([C@@H]4OC[C@@H](c5cccc(Cl)c5)C[C@H]4C(C)C)cc3)ccc2n1C. The lowest BCUT2D eigenvalue weighted by Crippen LogP contribution is -2.31. The Kier molecular flexibility index (Phi) is 7.73. The number of nitrogens with zero attached hydrogens (tertiary/aromatic N) is 2. The van der Waals surface area contributed by atoms with Crippen LogP contribution in [0.4, 0.5) is 5.69 Å². The number of nitrogens with one attached hydrogen (secondary N) is 1. The first-order valence-electron chi connectivity index (χ1n) is 13.1. The van der Waals surface area contributed by atoms with Crippen LogP contribution >= 0.6 is 11.6 Å². The fraction of sp³-hybridized carbons (Fsp3) is 0.355. The van der Waals surface area contributed by atoms with Gasteiger partial charge >= 0.3 is 0 Å². The molecule has 1 N–H and O–H groups in total. The number of fused-ring (bicyclic) bond motifs is 1. The van der Waals surface area contributed by atoms with Crippen LogP contribution in [0, 0.1) is 18.8 Å². The van der Waals surface area contributed by atoms with Crippen LogP contribution in [-0.4, -0.2) is 28.7 Å². The van der Waals surface area contributed by atoms with Crippen molar-refractivity contribution >= 4 is 34.2 Å². The highest BCUT2D eigenvalue weighted by atomic mass is 35.5. The monoisotopic (exact) mass is 531 g/mol. The maximum atomic E-state index is 12.5. The van der Waals surface area contributed by atoms with Crippen molar-refractivity contribution < 1.29 is 14.3 Å². The lowest BCUT2D eigenvalue weighted by atomic mass is 9.76. The number of imidazole rings is 1. The Morgan fingerprint density at radius 1 is 1.13 bits per heavy atom. The van der Waals surface area contributed by atoms with Crippen molar-refractivity contribution in [2.24, 2.45) is 18.9 Å². The number of halogens is 1.